The fourth-order valence-electron chi connectivity index (χ4n) is 5.30. The van der Waals surface area contributed by atoms with Gasteiger partial charge in [0.05, 0.1) is 12.1 Å². The van der Waals surface area contributed by atoms with E-state index in [2.05, 4.69) is 14.6 Å². The van der Waals surface area contributed by atoms with Crippen molar-refractivity contribution in [2.45, 2.75) is 50.6 Å². The summed E-state index contributed by atoms with van der Waals surface area (Å²) in [5, 5.41) is 19.7. The second-order valence-electron chi connectivity index (χ2n) is 9.93. The number of benzene rings is 1. The highest BCUT2D eigenvalue weighted by atomic mass is 19.4. The van der Waals surface area contributed by atoms with Crippen LogP contribution in [0.25, 0.3) is 11.1 Å². The van der Waals surface area contributed by atoms with E-state index in [-0.39, 0.29) is 11.3 Å². The lowest BCUT2D eigenvalue weighted by molar-refractivity contribution is -0.274. The minimum absolute atomic E-state index is 0.150. The predicted molar refractivity (Wildman–Crippen MR) is 130 cm³/mol. The van der Waals surface area contributed by atoms with E-state index < -0.39 is 30.3 Å². The molecule has 5 rings (SSSR count). The topological polar surface area (TPSA) is 95.4 Å². The summed E-state index contributed by atoms with van der Waals surface area (Å²) in [5.41, 5.74) is 1.63. The highest BCUT2D eigenvalue weighted by Gasteiger charge is 2.47. The lowest BCUT2D eigenvalue weighted by Crippen LogP contribution is -2.46. The van der Waals surface area contributed by atoms with Gasteiger partial charge in [0.2, 0.25) is 12.4 Å². The molecule has 12 heteroatoms. The maximum atomic E-state index is 13.2. The van der Waals surface area contributed by atoms with Crippen LogP contribution in [0.1, 0.15) is 31.2 Å². The molecule has 2 aromatic rings. The van der Waals surface area contributed by atoms with Gasteiger partial charge in [0.15, 0.2) is 0 Å². The first-order valence-electron chi connectivity index (χ1n) is 12.5. The van der Waals surface area contributed by atoms with Crippen molar-refractivity contribution in [3.63, 3.8) is 0 Å². The Morgan fingerprint density at radius 1 is 1.15 bits per heavy atom. The van der Waals surface area contributed by atoms with Gasteiger partial charge >= 0.3 is 12.3 Å². The van der Waals surface area contributed by atoms with Crippen LogP contribution in [0.4, 0.5) is 17.6 Å². The third-order valence-corrected chi connectivity index (χ3v) is 7.34. The van der Waals surface area contributed by atoms with Crippen LogP contribution in [-0.2, 0) is 16.1 Å². The second-order valence-corrected chi connectivity index (χ2v) is 9.93. The Hall–Kier alpha value is -3.48. The molecule has 0 amide bonds. The molecule has 2 fully saturated rings. The molecule has 2 aliphatic heterocycles. The van der Waals surface area contributed by atoms with Gasteiger partial charge in [-0.25, -0.2) is 9.78 Å². The lowest BCUT2D eigenvalue weighted by Gasteiger charge is -2.38. The molecule has 1 aliphatic carbocycles. The van der Waals surface area contributed by atoms with Gasteiger partial charge in [-0.05, 0) is 55.5 Å². The summed E-state index contributed by atoms with van der Waals surface area (Å²) in [6.45, 7) is 2.05. The maximum absolute atomic E-state index is 13.2. The summed E-state index contributed by atoms with van der Waals surface area (Å²) >= 11 is 0. The van der Waals surface area contributed by atoms with Crippen LogP contribution in [0, 0.1) is 5.95 Å². The van der Waals surface area contributed by atoms with Crippen molar-refractivity contribution in [3.05, 3.63) is 71.5 Å². The predicted octanol–water partition coefficient (Wildman–Crippen LogP) is 4.42. The van der Waals surface area contributed by atoms with E-state index in [1.807, 2.05) is 0 Å². The molecule has 208 valence electrons. The van der Waals surface area contributed by atoms with Crippen LogP contribution < -0.4 is 4.74 Å². The third-order valence-electron chi connectivity index (χ3n) is 7.34. The van der Waals surface area contributed by atoms with Gasteiger partial charge in [0, 0.05) is 48.2 Å². The zero-order valence-electron chi connectivity index (χ0n) is 20.8. The molecule has 0 saturated carbocycles. The number of nitrogens with zero attached hydrogens (tertiary/aromatic N) is 3. The molecular weight excluding hydrogens is 522 g/mol. The van der Waals surface area contributed by atoms with Crippen LogP contribution in [0.5, 0.6) is 5.75 Å². The number of carboxylic acids is 1. The van der Waals surface area contributed by atoms with E-state index in [0.717, 1.165) is 18.0 Å². The molecule has 3 heterocycles. The largest absolute Gasteiger partial charge is 0.573 e. The summed E-state index contributed by atoms with van der Waals surface area (Å²) < 4.78 is 62.9. The van der Waals surface area contributed by atoms with E-state index in [9.17, 15) is 27.5 Å². The van der Waals surface area contributed by atoms with Crippen molar-refractivity contribution in [3.8, 4) is 16.9 Å². The zero-order valence-corrected chi connectivity index (χ0v) is 20.8. The number of carbonyl (C=O) groups is 1. The zero-order chi connectivity index (χ0) is 27.8. The van der Waals surface area contributed by atoms with Crippen molar-refractivity contribution in [2.75, 3.05) is 19.6 Å². The number of hydrogen-bond acceptors (Lipinski definition) is 7. The number of aliphatic carboxylic acids is 1. The number of ether oxygens (including phenoxy) is 2. The number of hydrogen-bond donors (Lipinski definition) is 2. The summed E-state index contributed by atoms with van der Waals surface area (Å²) in [5.74, 6) is -2.08. The van der Waals surface area contributed by atoms with Crippen molar-refractivity contribution in [2.24, 2.45) is 0 Å². The maximum Gasteiger partial charge on any atom is 0.573 e. The molecule has 1 aromatic heterocycles. The van der Waals surface area contributed by atoms with Crippen molar-refractivity contribution >= 4 is 5.97 Å². The molecule has 2 saturated heterocycles. The summed E-state index contributed by atoms with van der Waals surface area (Å²) in [6, 6.07) is 6.96. The van der Waals surface area contributed by atoms with Gasteiger partial charge in [-0.3, -0.25) is 4.90 Å². The van der Waals surface area contributed by atoms with Gasteiger partial charge in [-0.15, -0.1) is 13.2 Å². The number of allylic oxidation sites excluding steroid dienone is 3. The molecule has 3 aliphatic rings. The van der Waals surface area contributed by atoms with E-state index in [4.69, 9.17) is 9.84 Å². The molecule has 2 N–H and O–H groups in total. The van der Waals surface area contributed by atoms with Crippen LogP contribution in [0.3, 0.4) is 0 Å². The Balaban J connectivity index is 1.24. The second kappa shape index (κ2) is 10.6. The minimum atomic E-state index is -4.90. The average Bonchev–Trinajstić information content (AvgIpc) is 3.21. The molecule has 8 nitrogen and oxygen atoms in total. The van der Waals surface area contributed by atoms with Crippen molar-refractivity contribution < 1.29 is 42.0 Å². The Morgan fingerprint density at radius 3 is 2.54 bits per heavy atom. The van der Waals surface area contributed by atoms with Crippen molar-refractivity contribution in [1.82, 2.24) is 14.8 Å². The van der Waals surface area contributed by atoms with Crippen LogP contribution >= 0.6 is 0 Å². The molecule has 0 radical (unpaired) electrons. The van der Waals surface area contributed by atoms with E-state index in [1.54, 1.807) is 23.1 Å². The van der Waals surface area contributed by atoms with Crippen LogP contribution in [-0.4, -0.2) is 69.0 Å². The smallest absolute Gasteiger partial charge is 0.478 e. The van der Waals surface area contributed by atoms with Crippen molar-refractivity contribution in [1.29, 1.82) is 0 Å². The summed E-state index contributed by atoms with van der Waals surface area (Å²) in [6.07, 6.45) is 0.471. The van der Waals surface area contributed by atoms with E-state index in [1.165, 1.54) is 18.2 Å². The molecule has 1 spiro atoms. The quantitative estimate of drug-likeness (QED) is 0.404. The number of rotatable bonds is 6. The standard InChI is InChI=1S/C27H27F4N3O5/c28-23-8-4-19(14-32-23)21-7-1-17(13-22(21)38-27(29,30)31)15-33-11-9-26(10-12-33)16-34(25(37)39-26)20-5-2-18(3-6-20)24(35)36/h1-2,4-5,7-8,13-14,25,37H,3,6,9-12,15-16H2,(H,35,36). The summed E-state index contributed by atoms with van der Waals surface area (Å²) in [4.78, 5) is 18.5. The number of aliphatic hydroxyl groups is 1. The number of piperidine rings is 1. The molecule has 39 heavy (non-hydrogen) atoms. The average molecular weight is 550 g/mol. The molecule has 1 aromatic carbocycles. The first-order chi connectivity index (χ1) is 18.5. The first-order valence-corrected chi connectivity index (χ1v) is 12.5. The van der Waals surface area contributed by atoms with Gasteiger partial charge in [0.25, 0.3) is 0 Å². The number of halogens is 4. The lowest BCUT2D eigenvalue weighted by atomic mass is 9.90. The number of pyridine rings is 1. The molecular formula is C27H27F4N3O5. The monoisotopic (exact) mass is 549 g/mol. The number of likely N-dealkylation sites (tertiary alicyclic amines) is 1. The van der Waals surface area contributed by atoms with E-state index in [0.29, 0.717) is 68.6 Å². The number of aliphatic hydroxyl groups excluding tert-OH is 1. The number of alkyl halides is 3. The molecule has 1 unspecified atom stereocenters. The van der Waals surface area contributed by atoms with Crippen LogP contribution in [0.15, 0.2) is 60.0 Å². The third kappa shape index (κ3) is 6.23. The van der Waals surface area contributed by atoms with E-state index >= 15 is 0 Å². The molecule has 0 bridgehead atoms. The fraction of sp³-hybridized carbons (Fsp3) is 0.407. The summed E-state index contributed by atoms with van der Waals surface area (Å²) in [7, 11) is 0. The Kier molecular flexibility index (Phi) is 7.36. The van der Waals surface area contributed by atoms with Gasteiger partial charge in [0.1, 0.15) is 5.75 Å². The first kappa shape index (κ1) is 27.1. The minimum Gasteiger partial charge on any atom is -0.478 e. The molecule has 1 atom stereocenters. The van der Waals surface area contributed by atoms with Crippen LogP contribution in [0.2, 0.25) is 0 Å². The van der Waals surface area contributed by atoms with Gasteiger partial charge in [-0.1, -0.05) is 18.2 Å². The Bertz CT molecular complexity index is 1290. The Labute approximate surface area is 221 Å². The SMILES string of the molecule is O=C(O)C1=CC=C(N2CC3(CCN(Cc4ccc(-c5ccc(F)nc5)c(OC(F)(F)F)c4)CC3)OC2O)CC1. The Morgan fingerprint density at radius 2 is 1.92 bits per heavy atom. The normalized spacial score (nSPS) is 21.6. The number of carboxylic acid groups (broad SMARTS) is 1. The van der Waals surface area contributed by atoms with Gasteiger partial charge in [-0.2, -0.15) is 4.39 Å². The number of aromatic nitrogens is 1. The highest BCUT2D eigenvalue weighted by Crippen LogP contribution is 2.39. The highest BCUT2D eigenvalue weighted by molar-refractivity contribution is 5.87. The fourth-order valence-corrected chi connectivity index (χ4v) is 5.30. The van der Waals surface area contributed by atoms with Gasteiger partial charge < -0.3 is 24.6 Å².